The van der Waals surface area contributed by atoms with Crippen molar-refractivity contribution in [1.82, 2.24) is 9.97 Å². The normalized spacial score (nSPS) is 12.6. The van der Waals surface area contributed by atoms with E-state index in [2.05, 4.69) is 15.3 Å². The summed E-state index contributed by atoms with van der Waals surface area (Å²) in [6.45, 7) is 4.48. The number of rotatable bonds is 5. The third-order valence-corrected chi connectivity index (χ3v) is 2.78. The fraction of sp³-hybridized carbons (Fsp3) is 0.385. The van der Waals surface area contributed by atoms with E-state index in [0.29, 0.717) is 6.54 Å². The lowest BCUT2D eigenvalue weighted by atomic mass is 10.1. The first kappa shape index (κ1) is 12.4. The van der Waals surface area contributed by atoms with Gasteiger partial charge in [0.25, 0.3) is 0 Å². The van der Waals surface area contributed by atoms with E-state index in [1.54, 1.807) is 0 Å². The zero-order chi connectivity index (χ0) is 13.1. The number of nitrogens with one attached hydrogen (secondary N) is 2. The molecule has 18 heavy (non-hydrogen) atoms. The Morgan fingerprint density at radius 1 is 1.56 bits per heavy atom. The molecule has 0 radical (unpaired) electrons. The molecule has 1 atom stereocenters. The predicted octanol–water partition coefficient (Wildman–Crippen LogP) is 2.39. The molecule has 0 spiro atoms. The molecular formula is C13H17N3O2. The number of hydrogen-bond donors (Lipinski definition) is 3. The van der Waals surface area contributed by atoms with Crippen molar-refractivity contribution in [1.29, 1.82) is 0 Å². The van der Waals surface area contributed by atoms with Crippen LogP contribution in [-0.4, -0.2) is 27.6 Å². The first-order chi connectivity index (χ1) is 8.54. The third kappa shape index (κ3) is 3.00. The largest absolute Gasteiger partial charge is 0.481 e. The van der Waals surface area contributed by atoms with Gasteiger partial charge in [-0.05, 0) is 31.0 Å². The fourth-order valence-electron chi connectivity index (χ4n) is 1.91. The topological polar surface area (TPSA) is 78.0 Å². The summed E-state index contributed by atoms with van der Waals surface area (Å²) < 4.78 is 0. The highest BCUT2D eigenvalue weighted by atomic mass is 16.4. The summed E-state index contributed by atoms with van der Waals surface area (Å²) in [4.78, 5) is 18.1. The summed E-state index contributed by atoms with van der Waals surface area (Å²) in [7, 11) is 0. The highest BCUT2D eigenvalue weighted by molar-refractivity contribution is 5.79. The Morgan fingerprint density at radius 3 is 3.06 bits per heavy atom. The van der Waals surface area contributed by atoms with Gasteiger partial charge in [-0.15, -0.1) is 0 Å². The van der Waals surface area contributed by atoms with Gasteiger partial charge in [0, 0.05) is 18.7 Å². The lowest BCUT2D eigenvalue weighted by Gasteiger charge is -2.11. The number of carboxylic acids is 1. The van der Waals surface area contributed by atoms with Crippen molar-refractivity contribution in [3.05, 3.63) is 24.0 Å². The summed E-state index contributed by atoms with van der Waals surface area (Å²) in [6.07, 6.45) is 0.179. The van der Waals surface area contributed by atoms with Crippen molar-refractivity contribution in [2.24, 2.45) is 5.92 Å². The van der Waals surface area contributed by atoms with Crippen LogP contribution in [0.5, 0.6) is 0 Å². The van der Waals surface area contributed by atoms with E-state index in [1.165, 1.54) is 0 Å². The number of carboxylic acid groups (broad SMARTS) is 1. The highest BCUT2D eigenvalue weighted by Gasteiger charge is 2.07. The van der Waals surface area contributed by atoms with Crippen LogP contribution in [0, 0.1) is 12.8 Å². The zero-order valence-electron chi connectivity index (χ0n) is 10.5. The molecule has 5 nitrogen and oxygen atoms in total. The Bertz CT molecular complexity index is 562. The van der Waals surface area contributed by atoms with Gasteiger partial charge in [0.1, 0.15) is 5.82 Å². The van der Waals surface area contributed by atoms with Crippen LogP contribution in [-0.2, 0) is 4.79 Å². The monoisotopic (exact) mass is 247 g/mol. The lowest BCUT2D eigenvalue weighted by Crippen LogP contribution is -2.14. The minimum absolute atomic E-state index is 0.0988. The average molecular weight is 247 g/mol. The smallest absolute Gasteiger partial charge is 0.303 e. The Labute approximate surface area is 105 Å². The molecule has 0 aliphatic heterocycles. The van der Waals surface area contributed by atoms with Crippen LogP contribution in [0.2, 0.25) is 0 Å². The molecule has 2 aromatic rings. The number of anilines is 1. The molecule has 0 aliphatic rings. The Hall–Kier alpha value is -2.04. The van der Waals surface area contributed by atoms with Gasteiger partial charge in [-0.25, -0.2) is 4.98 Å². The summed E-state index contributed by atoms with van der Waals surface area (Å²) in [5.74, 6) is 0.229. The molecule has 1 heterocycles. The Kier molecular flexibility index (Phi) is 3.50. The molecule has 0 saturated heterocycles. The van der Waals surface area contributed by atoms with E-state index in [1.807, 2.05) is 32.0 Å². The third-order valence-electron chi connectivity index (χ3n) is 2.78. The van der Waals surface area contributed by atoms with Gasteiger partial charge in [0.15, 0.2) is 0 Å². The maximum Gasteiger partial charge on any atom is 0.303 e. The zero-order valence-corrected chi connectivity index (χ0v) is 10.5. The van der Waals surface area contributed by atoms with Gasteiger partial charge in [-0.3, -0.25) is 4.79 Å². The van der Waals surface area contributed by atoms with Gasteiger partial charge in [-0.1, -0.05) is 6.92 Å². The molecule has 96 valence electrons. The number of nitrogens with zero attached hydrogens (tertiary/aromatic N) is 1. The molecule has 0 fully saturated rings. The van der Waals surface area contributed by atoms with E-state index in [-0.39, 0.29) is 12.3 Å². The second kappa shape index (κ2) is 5.08. The first-order valence-electron chi connectivity index (χ1n) is 5.96. The van der Waals surface area contributed by atoms with Gasteiger partial charge in [0.2, 0.25) is 0 Å². The van der Waals surface area contributed by atoms with Crippen LogP contribution in [0.25, 0.3) is 11.0 Å². The van der Waals surface area contributed by atoms with Gasteiger partial charge >= 0.3 is 5.97 Å². The number of carbonyl (C=O) groups is 1. The number of benzene rings is 1. The van der Waals surface area contributed by atoms with Gasteiger partial charge in [0.05, 0.1) is 11.0 Å². The maximum absolute atomic E-state index is 10.6. The van der Waals surface area contributed by atoms with Crippen molar-refractivity contribution >= 4 is 22.7 Å². The van der Waals surface area contributed by atoms with Crippen LogP contribution < -0.4 is 5.32 Å². The minimum Gasteiger partial charge on any atom is -0.481 e. The van der Waals surface area contributed by atoms with Crippen LogP contribution >= 0.6 is 0 Å². The van der Waals surface area contributed by atoms with Crippen LogP contribution in [0.15, 0.2) is 18.2 Å². The van der Waals surface area contributed by atoms with Crippen molar-refractivity contribution in [3.63, 3.8) is 0 Å². The number of aryl methyl sites for hydroxylation is 1. The van der Waals surface area contributed by atoms with Gasteiger partial charge in [-0.2, -0.15) is 0 Å². The van der Waals surface area contributed by atoms with Crippen LogP contribution in [0.4, 0.5) is 5.69 Å². The summed E-state index contributed by atoms with van der Waals surface area (Å²) in [5, 5.41) is 11.9. The first-order valence-corrected chi connectivity index (χ1v) is 5.96. The van der Waals surface area contributed by atoms with Crippen molar-refractivity contribution in [2.45, 2.75) is 20.3 Å². The minimum atomic E-state index is -0.760. The van der Waals surface area contributed by atoms with E-state index < -0.39 is 5.97 Å². The quantitative estimate of drug-likeness (QED) is 0.758. The molecule has 0 amide bonds. The maximum atomic E-state index is 10.6. The number of imidazole rings is 1. The second-order valence-electron chi connectivity index (χ2n) is 4.64. The van der Waals surface area contributed by atoms with Gasteiger partial charge < -0.3 is 15.4 Å². The van der Waals surface area contributed by atoms with E-state index in [0.717, 1.165) is 22.5 Å². The second-order valence-corrected chi connectivity index (χ2v) is 4.64. The molecule has 1 aromatic carbocycles. The number of aliphatic carboxylic acids is 1. The number of hydrogen-bond acceptors (Lipinski definition) is 3. The molecule has 3 N–H and O–H groups in total. The molecule has 2 rings (SSSR count). The van der Waals surface area contributed by atoms with Crippen LogP contribution in [0.1, 0.15) is 19.2 Å². The van der Waals surface area contributed by atoms with Crippen molar-refractivity contribution < 1.29 is 9.90 Å². The summed E-state index contributed by atoms with van der Waals surface area (Å²) in [6, 6.07) is 5.89. The Morgan fingerprint density at radius 2 is 2.33 bits per heavy atom. The number of fused-ring (bicyclic) bond motifs is 1. The molecule has 0 aliphatic carbocycles. The Balaban J connectivity index is 2.01. The molecule has 1 unspecified atom stereocenters. The molecule has 5 heteroatoms. The van der Waals surface area contributed by atoms with E-state index >= 15 is 0 Å². The predicted molar refractivity (Wildman–Crippen MR) is 70.7 cm³/mol. The fourth-order valence-corrected chi connectivity index (χ4v) is 1.91. The van der Waals surface area contributed by atoms with Crippen molar-refractivity contribution in [3.8, 4) is 0 Å². The van der Waals surface area contributed by atoms with Crippen molar-refractivity contribution in [2.75, 3.05) is 11.9 Å². The summed E-state index contributed by atoms with van der Waals surface area (Å²) >= 11 is 0. The number of H-pyrrole nitrogens is 1. The van der Waals surface area contributed by atoms with E-state index in [9.17, 15) is 4.79 Å². The standard InChI is InChI=1S/C13H17N3O2/c1-8(5-13(17)18)7-14-10-3-4-11-12(6-10)16-9(2)15-11/h3-4,6,8,14H,5,7H2,1-2H3,(H,15,16)(H,17,18). The number of aromatic amines is 1. The molecule has 0 saturated carbocycles. The average Bonchev–Trinajstić information content (AvgIpc) is 2.64. The molecular weight excluding hydrogens is 230 g/mol. The van der Waals surface area contributed by atoms with E-state index in [4.69, 9.17) is 5.11 Å². The molecule has 1 aromatic heterocycles. The highest BCUT2D eigenvalue weighted by Crippen LogP contribution is 2.17. The molecule has 0 bridgehead atoms. The van der Waals surface area contributed by atoms with Crippen LogP contribution in [0.3, 0.4) is 0 Å². The SMILES string of the molecule is Cc1nc2ccc(NCC(C)CC(=O)O)cc2[nH]1. The number of aromatic nitrogens is 2. The summed E-state index contributed by atoms with van der Waals surface area (Å²) in [5.41, 5.74) is 2.91. The lowest BCUT2D eigenvalue weighted by molar-refractivity contribution is -0.137.